The van der Waals surface area contributed by atoms with Gasteiger partial charge in [0.15, 0.2) is 0 Å². The monoisotopic (exact) mass is 222 g/mol. The summed E-state index contributed by atoms with van der Waals surface area (Å²) in [4.78, 5) is 0. The SMILES string of the molecule is C=CC.C=CC.CC(O)CO.OCCO. The molecule has 1 atom stereocenters. The molecule has 15 heavy (non-hydrogen) atoms. The highest BCUT2D eigenvalue weighted by atomic mass is 16.3. The van der Waals surface area contributed by atoms with Gasteiger partial charge in [0.1, 0.15) is 0 Å². The van der Waals surface area contributed by atoms with Gasteiger partial charge in [0, 0.05) is 0 Å². The van der Waals surface area contributed by atoms with Crippen LogP contribution in [0.3, 0.4) is 0 Å². The van der Waals surface area contributed by atoms with Crippen molar-refractivity contribution >= 4 is 0 Å². The first-order valence-electron chi connectivity index (χ1n) is 4.66. The minimum atomic E-state index is -0.560. The van der Waals surface area contributed by atoms with Gasteiger partial charge in [-0.1, -0.05) is 12.2 Å². The second-order valence-corrected chi connectivity index (χ2v) is 2.30. The number of hydrogen-bond donors (Lipinski definition) is 4. The van der Waals surface area contributed by atoms with E-state index >= 15 is 0 Å². The van der Waals surface area contributed by atoms with Crippen molar-refractivity contribution < 1.29 is 20.4 Å². The molecule has 0 saturated carbocycles. The van der Waals surface area contributed by atoms with Gasteiger partial charge in [0.2, 0.25) is 0 Å². The zero-order valence-corrected chi connectivity index (χ0v) is 10.1. The average Bonchev–Trinajstić information content (AvgIpc) is 2.20. The van der Waals surface area contributed by atoms with Crippen molar-refractivity contribution in [3.05, 3.63) is 25.3 Å². The van der Waals surface area contributed by atoms with Crippen LogP contribution in [0.4, 0.5) is 0 Å². The normalized spacial score (nSPS) is 8.73. The molecule has 0 aliphatic carbocycles. The highest BCUT2D eigenvalue weighted by Gasteiger charge is 1.83. The summed E-state index contributed by atoms with van der Waals surface area (Å²) in [6.45, 7) is 11.6. The number of rotatable bonds is 2. The summed E-state index contributed by atoms with van der Waals surface area (Å²) in [7, 11) is 0. The summed E-state index contributed by atoms with van der Waals surface area (Å²) < 4.78 is 0. The molecule has 0 fully saturated rings. The van der Waals surface area contributed by atoms with Crippen molar-refractivity contribution in [2.75, 3.05) is 19.8 Å². The molecule has 4 N–H and O–H groups in total. The number of aliphatic hydroxyl groups is 4. The zero-order chi connectivity index (χ0) is 13.1. The molecule has 0 aliphatic rings. The fourth-order valence-corrected chi connectivity index (χ4v) is 0. The van der Waals surface area contributed by atoms with Crippen molar-refractivity contribution in [2.45, 2.75) is 26.9 Å². The van der Waals surface area contributed by atoms with Crippen LogP contribution in [0, 0.1) is 0 Å². The molecule has 94 valence electrons. The van der Waals surface area contributed by atoms with Gasteiger partial charge in [-0.05, 0) is 20.8 Å². The van der Waals surface area contributed by atoms with E-state index < -0.39 is 6.10 Å². The molecular formula is C11H26O4. The summed E-state index contributed by atoms with van der Waals surface area (Å²) in [5.74, 6) is 0. The van der Waals surface area contributed by atoms with E-state index in [-0.39, 0.29) is 19.8 Å². The number of aliphatic hydroxyl groups excluding tert-OH is 4. The lowest BCUT2D eigenvalue weighted by Gasteiger charge is -1.90. The van der Waals surface area contributed by atoms with Crippen LogP contribution < -0.4 is 0 Å². The fourth-order valence-electron chi connectivity index (χ4n) is 0. The molecule has 0 aromatic carbocycles. The van der Waals surface area contributed by atoms with Crippen molar-refractivity contribution in [1.29, 1.82) is 0 Å². The topological polar surface area (TPSA) is 80.9 Å². The Bertz CT molecular complexity index is 84.6. The largest absolute Gasteiger partial charge is 0.394 e. The van der Waals surface area contributed by atoms with Crippen molar-refractivity contribution in [3.8, 4) is 0 Å². The Labute approximate surface area is 93.2 Å². The Morgan fingerprint density at radius 1 is 1.00 bits per heavy atom. The Kier molecular flexibility index (Phi) is 60.0. The van der Waals surface area contributed by atoms with Gasteiger partial charge in [-0.3, -0.25) is 0 Å². The summed E-state index contributed by atoms with van der Waals surface area (Å²) in [6.07, 6.45) is 2.94. The molecular weight excluding hydrogens is 196 g/mol. The molecule has 0 amide bonds. The third kappa shape index (κ3) is 317. The Balaban J connectivity index is -0.0000000553. The zero-order valence-electron chi connectivity index (χ0n) is 10.1. The summed E-state index contributed by atoms with van der Waals surface area (Å²) >= 11 is 0. The molecule has 0 aliphatic heterocycles. The molecule has 4 heteroatoms. The molecule has 0 spiro atoms. The predicted octanol–water partition coefficient (Wildman–Crippen LogP) is 0.715. The first-order valence-corrected chi connectivity index (χ1v) is 4.66. The lowest BCUT2D eigenvalue weighted by Crippen LogP contribution is -2.03. The van der Waals surface area contributed by atoms with E-state index in [2.05, 4.69) is 13.2 Å². The van der Waals surface area contributed by atoms with E-state index in [9.17, 15) is 0 Å². The van der Waals surface area contributed by atoms with Gasteiger partial charge in [0.25, 0.3) is 0 Å². The highest BCUT2D eigenvalue weighted by Crippen LogP contribution is 1.68. The summed E-state index contributed by atoms with van der Waals surface area (Å²) in [5, 5.41) is 31.3. The lowest BCUT2D eigenvalue weighted by atomic mass is 10.5. The first-order chi connectivity index (χ1) is 7.01. The molecule has 0 bridgehead atoms. The standard InChI is InChI=1S/C3H8O2.2C3H6.C2H6O2/c1-3(5)2-4;2*1-3-2;3-1-2-4/h3-5H,2H2,1H3;2*3H,1H2,2H3;3-4H,1-2H2. The minimum absolute atomic E-state index is 0.125. The maximum atomic E-state index is 8.11. The maximum absolute atomic E-state index is 8.11. The molecule has 1 unspecified atom stereocenters. The van der Waals surface area contributed by atoms with Crippen LogP contribution in [0.5, 0.6) is 0 Å². The Hall–Kier alpha value is -0.680. The summed E-state index contributed by atoms with van der Waals surface area (Å²) in [5.41, 5.74) is 0. The van der Waals surface area contributed by atoms with E-state index in [0.717, 1.165) is 0 Å². The smallest absolute Gasteiger partial charge is 0.0742 e. The second kappa shape index (κ2) is 37.7. The van der Waals surface area contributed by atoms with E-state index in [4.69, 9.17) is 20.4 Å². The fraction of sp³-hybridized carbons (Fsp3) is 0.636. The van der Waals surface area contributed by atoms with E-state index in [1.54, 1.807) is 12.2 Å². The van der Waals surface area contributed by atoms with E-state index in [1.807, 2.05) is 13.8 Å². The molecule has 0 saturated heterocycles. The van der Waals surface area contributed by atoms with Crippen molar-refractivity contribution in [2.24, 2.45) is 0 Å². The third-order valence-corrected chi connectivity index (χ3v) is 0.364. The van der Waals surface area contributed by atoms with Crippen LogP contribution in [0.1, 0.15) is 20.8 Å². The third-order valence-electron chi connectivity index (χ3n) is 0.364. The maximum Gasteiger partial charge on any atom is 0.0742 e. The predicted molar refractivity (Wildman–Crippen MR) is 64.7 cm³/mol. The van der Waals surface area contributed by atoms with Crippen molar-refractivity contribution in [1.82, 2.24) is 0 Å². The van der Waals surface area contributed by atoms with Crippen LogP contribution in [0.2, 0.25) is 0 Å². The van der Waals surface area contributed by atoms with Crippen molar-refractivity contribution in [3.63, 3.8) is 0 Å². The molecule has 0 aromatic heterocycles. The number of allylic oxidation sites excluding steroid dienone is 2. The van der Waals surface area contributed by atoms with Crippen LogP contribution in [-0.2, 0) is 0 Å². The first kappa shape index (κ1) is 23.9. The minimum Gasteiger partial charge on any atom is -0.394 e. The van der Waals surface area contributed by atoms with Gasteiger partial charge in [-0.2, -0.15) is 0 Å². The Morgan fingerprint density at radius 2 is 1.13 bits per heavy atom. The van der Waals surface area contributed by atoms with Gasteiger partial charge >= 0.3 is 0 Å². The molecule has 0 heterocycles. The van der Waals surface area contributed by atoms with Gasteiger partial charge < -0.3 is 20.4 Å². The molecule has 4 nitrogen and oxygen atoms in total. The quantitative estimate of drug-likeness (QED) is 0.519. The second-order valence-electron chi connectivity index (χ2n) is 2.30. The summed E-state index contributed by atoms with van der Waals surface area (Å²) in [6, 6.07) is 0. The lowest BCUT2D eigenvalue weighted by molar-refractivity contribution is 0.110. The van der Waals surface area contributed by atoms with Crippen LogP contribution in [-0.4, -0.2) is 46.4 Å². The van der Waals surface area contributed by atoms with Gasteiger partial charge in [-0.25, -0.2) is 0 Å². The molecule has 0 radical (unpaired) electrons. The van der Waals surface area contributed by atoms with Gasteiger partial charge in [-0.15, -0.1) is 13.2 Å². The Morgan fingerprint density at radius 3 is 1.13 bits per heavy atom. The molecule has 0 aromatic rings. The average molecular weight is 222 g/mol. The highest BCUT2D eigenvalue weighted by molar-refractivity contribution is 4.51. The van der Waals surface area contributed by atoms with Crippen LogP contribution in [0.15, 0.2) is 25.3 Å². The number of hydrogen-bond acceptors (Lipinski definition) is 4. The van der Waals surface area contributed by atoms with E-state index in [1.165, 1.54) is 6.92 Å². The molecule has 0 rings (SSSR count). The van der Waals surface area contributed by atoms with Crippen LogP contribution in [0.25, 0.3) is 0 Å². The van der Waals surface area contributed by atoms with Crippen LogP contribution >= 0.6 is 0 Å². The van der Waals surface area contributed by atoms with Gasteiger partial charge in [0.05, 0.1) is 25.9 Å². The van der Waals surface area contributed by atoms with E-state index in [0.29, 0.717) is 0 Å².